The summed E-state index contributed by atoms with van der Waals surface area (Å²) in [5, 5.41) is 11.9. The van der Waals surface area contributed by atoms with Crippen LogP contribution in [-0.2, 0) is 4.79 Å². The predicted molar refractivity (Wildman–Crippen MR) is 83.1 cm³/mol. The van der Waals surface area contributed by atoms with Gasteiger partial charge in [-0.15, -0.1) is 0 Å². The molecule has 0 aliphatic heterocycles. The maximum atomic E-state index is 14.0. The van der Waals surface area contributed by atoms with E-state index < -0.39 is 17.4 Å². The van der Waals surface area contributed by atoms with Crippen LogP contribution < -0.4 is 10.1 Å². The molecule has 7 heteroatoms. The molecule has 1 heterocycles. The lowest BCUT2D eigenvalue weighted by atomic mass is 9.75. The Morgan fingerprint density at radius 3 is 2.25 bits per heavy atom. The second-order valence-corrected chi connectivity index (χ2v) is 5.72. The lowest BCUT2D eigenvalue weighted by molar-refractivity contribution is -0.212. The molecule has 2 N–H and O–H groups in total. The number of pyridine rings is 1. The first-order valence-electron chi connectivity index (χ1n) is 7.50. The van der Waals surface area contributed by atoms with Crippen molar-refractivity contribution in [1.29, 1.82) is 0 Å². The van der Waals surface area contributed by atoms with Crippen LogP contribution in [0, 0.1) is 0 Å². The summed E-state index contributed by atoms with van der Waals surface area (Å²) in [6, 6.07) is 9.36. The molecule has 0 radical (unpaired) electrons. The van der Waals surface area contributed by atoms with Crippen molar-refractivity contribution >= 4 is 11.6 Å². The fourth-order valence-corrected chi connectivity index (χ4v) is 2.40. The molecule has 1 aliphatic carbocycles. The largest absolute Gasteiger partial charge is 0.457 e. The van der Waals surface area contributed by atoms with Gasteiger partial charge in [0, 0.05) is 18.1 Å². The summed E-state index contributed by atoms with van der Waals surface area (Å²) in [6.45, 7) is 0. The van der Waals surface area contributed by atoms with Crippen LogP contribution in [0.5, 0.6) is 11.5 Å². The number of halogens is 2. The molecule has 24 heavy (non-hydrogen) atoms. The third kappa shape index (κ3) is 3.07. The quantitative estimate of drug-likeness (QED) is 0.879. The summed E-state index contributed by atoms with van der Waals surface area (Å²) in [5.74, 6) is -4.26. The number of nitrogens with one attached hydrogen (secondary N) is 1. The van der Waals surface area contributed by atoms with Crippen LogP contribution >= 0.6 is 0 Å². The highest BCUT2D eigenvalue weighted by Gasteiger charge is 2.61. The molecule has 1 aromatic carbocycles. The smallest absolute Gasteiger partial charge is 0.352 e. The number of ether oxygens (including phenoxy) is 1. The zero-order valence-electron chi connectivity index (χ0n) is 12.7. The van der Waals surface area contributed by atoms with Gasteiger partial charge in [0.1, 0.15) is 17.1 Å². The molecule has 1 aromatic heterocycles. The molecule has 0 unspecified atom stereocenters. The Labute approximate surface area is 137 Å². The summed E-state index contributed by atoms with van der Waals surface area (Å²) in [5.41, 5.74) is -2.04. The summed E-state index contributed by atoms with van der Waals surface area (Å²) in [6.07, 6.45) is 3.49. The van der Waals surface area contributed by atoms with E-state index in [9.17, 15) is 18.7 Å². The van der Waals surface area contributed by atoms with Crippen molar-refractivity contribution in [3.63, 3.8) is 0 Å². The molecule has 2 aromatic rings. The number of benzene rings is 1. The Kier molecular flexibility index (Phi) is 4.19. The first-order valence-corrected chi connectivity index (χ1v) is 7.50. The second kappa shape index (κ2) is 6.16. The van der Waals surface area contributed by atoms with E-state index in [-0.39, 0.29) is 18.5 Å². The summed E-state index contributed by atoms with van der Waals surface area (Å²) in [7, 11) is 0. The van der Waals surface area contributed by atoms with Crippen LogP contribution in [0.25, 0.3) is 0 Å². The zero-order valence-corrected chi connectivity index (χ0v) is 12.7. The Balaban J connectivity index is 1.65. The predicted octanol–water partition coefficient (Wildman–Crippen LogP) is 3.36. The van der Waals surface area contributed by atoms with Crippen LogP contribution in [0.4, 0.5) is 14.5 Å². The average Bonchev–Trinajstić information content (AvgIpc) is 2.55. The minimum atomic E-state index is -3.82. The Morgan fingerprint density at radius 2 is 1.71 bits per heavy atom. The van der Waals surface area contributed by atoms with E-state index >= 15 is 0 Å². The molecule has 0 spiro atoms. The maximum absolute atomic E-state index is 14.0. The van der Waals surface area contributed by atoms with Gasteiger partial charge in [-0.3, -0.25) is 9.78 Å². The van der Waals surface area contributed by atoms with Crippen LogP contribution in [0.1, 0.15) is 19.3 Å². The van der Waals surface area contributed by atoms with Crippen molar-refractivity contribution in [2.24, 2.45) is 0 Å². The first kappa shape index (κ1) is 16.3. The van der Waals surface area contributed by atoms with Gasteiger partial charge in [-0.05, 0) is 55.7 Å². The Bertz CT molecular complexity index is 716. The summed E-state index contributed by atoms with van der Waals surface area (Å²) in [4.78, 5) is 15.7. The third-order valence-corrected chi connectivity index (χ3v) is 4.05. The number of alkyl halides is 2. The minimum Gasteiger partial charge on any atom is -0.457 e. The molecule has 5 nitrogen and oxygen atoms in total. The number of nitrogens with zero attached hydrogens (tertiary/aromatic N) is 1. The highest BCUT2D eigenvalue weighted by atomic mass is 19.3. The molecular weight excluding hydrogens is 318 g/mol. The van der Waals surface area contributed by atoms with Crippen LogP contribution in [0.3, 0.4) is 0 Å². The molecule has 3 rings (SSSR count). The topological polar surface area (TPSA) is 71.5 Å². The molecule has 1 fully saturated rings. The number of aromatic nitrogens is 1. The first-order chi connectivity index (χ1) is 11.4. The molecule has 1 aliphatic rings. The van der Waals surface area contributed by atoms with Gasteiger partial charge in [-0.1, -0.05) is 0 Å². The van der Waals surface area contributed by atoms with E-state index in [0.717, 1.165) is 0 Å². The normalized spacial score (nSPS) is 16.1. The monoisotopic (exact) mass is 334 g/mol. The molecule has 1 amide bonds. The van der Waals surface area contributed by atoms with Gasteiger partial charge in [0.05, 0.1) is 0 Å². The fraction of sp³-hybridized carbons (Fsp3) is 0.294. The van der Waals surface area contributed by atoms with Crippen molar-refractivity contribution in [2.45, 2.75) is 30.8 Å². The van der Waals surface area contributed by atoms with Gasteiger partial charge < -0.3 is 15.2 Å². The Morgan fingerprint density at radius 1 is 1.12 bits per heavy atom. The molecule has 0 saturated heterocycles. The summed E-state index contributed by atoms with van der Waals surface area (Å²) >= 11 is 0. The van der Waals surface area contributed by atoms with E-state index in [2.05, 4.69) is 10.3 Å². The van der Waals surface area contributed by atoms with Gasteiger partial charge in [0.2, 0.25) is 0 Å². The van der Waals surface area contributed by atoms with E-state index in [0.29, 0.717) is 17.9 Å². The number of carbonyl (C=O) groups is 1. The van der Waals surface area contributed by atoms with Crippen molar-refractivity contribution in [2.75, 3.05) is 5.32 Å². The number of aliphatic hydroxyl groups is 1. The van der Waals surface area contributed by atoms with E-state index in [1.54, 1.807) is 36.7 Å². The SMILES string of the molecule is O=C(Nc1ccc(Oc2ccncc2)cc1)C(F)(F)C1(O)CCC1. The van der Waals surface area contributed by atoms with Crippen molar-refractivity contribution in [3.8, 4) is 11.5 Å². The number of rotatable bonds is 5. The lowest BCUT2D eigenvalue weighted by Crippen LogP contribution is -2.59. The van der Waals surface area contributed by atoms with E-state index in [1.807, 2.05) is 0 Å². The van der Waals surface area contributed by atoms with Crippen LogP contribution in [0.2, 0.25) is 0 Å². The van der Waals surface area contributed by atoms with Gasteiger partial charge in [-0.25, -0.2) is 0 Å². The minimum absolute atomic E-state index is 0.0773. The fourth-order valence-electron chi connectivity index (χ4n) is 2.40. The van der Waals surface area contributed by atoms with Crippen molar-refractivity contribution in [1.82, 2.24) is 4.98 Å². The van der Waals surface area contributed by atoms with Crippen LogP contribution in [0.15, 0.2) is 48.8 Å². The number of carbonyl (C=O) groups excluding carboxylic acids is 1. The summed E-state index contributed by atoms with van der Waals surface area (Å²) < 4.78 is 33.6. The number of anilines is 1. The van der Waals surface area contributed by atoms with E-state index in [4.69, 9.17) is 4.74 Å². The number of hydrogen-bond donors (Lipinski definition) is 2. The molecule has 126 valence electrons. The second-order valence-electron chi connectivity index (χ2n) is 5.72. The van der Waals surface area contributed by atoms with Crippen molar-refractivity contribution < 1.29 is 23.4 Å². The molecule has 1 saturated carbocycles. The van der Waals surface area contributed by atoms with Gasteiger partial charge in [0.25, 0.3) is 5.91 Å². The lowest BCUT2D eigenvalue weighted by Gasteiger charge is -2.41. The Hall–Kier alpha value is -2.54. The molecule has 0 bridgehead atoms. The maximum Gasteiger partial charge on any atom is 0.352 e. The van der Waals surface area contributed by atoms with Crippen molar-refractivity contribution in [3.05, 3.63) is 48.8 Å². The van der Waals surface area contributed by atoms with E-state index in [1.165, 1.54) is 12.1 Å². The average molecular weight is 334 g/mol. The highest BCUT2D eigenvalue weighted by Crippen LogP contribution is 2.44. The molecule has 0 atom stereocenters. The van der Waals surface area contributed by atoms with Gasteiger partial charge in [-0.2, -0.15) is 8.78 Å². The zero-order chi connectivity index (χ0) is 17.2. The highest BCUT2D eigenvalue weighted by molar-refractivity contribution is 5.97. The number of amides is 1. The standard InChI is InChI=1S/C17H16F2N2O3/c18-17(19,16(23)8-1-9-16)15(22)21-12-2-4-13(5-3-12)24-14-6-10-20-11-7-14/h2-7,10-11,23H,1,8-9H2,(H,21,22). The third-order valence-electron chi connectivity index (χ3n) is 4.05. The van der Waals surface area contributed by atoms with Crippen LogP contribution in [-0.4, -0.2) is 27.5 Å². The molecular formula is C17H16F2N2O3. The number of hydrogen-bond acceptors (Lipinski definition) is 4. The van der Waals surface area contributed by atoms with Gasteiger partial charge in [0.15, 0.2) is 0 Å². The van der Waals surface area contributed by atoms with Gasteiger partial charge >= 0.3 is 5.92 Å².